The van der Waals surface area contributed by atoms with Gasteiger partial charge in [0.2, 0.25) is 0 Å². The molecule has 0 heterocycles. The fourth-order valence-corrected chi connectivity index (χ4v) is 1.40. The van der Waals surface area contributed by atoms with Crippen molar-refractivity contribution in [2.24, 2.45) is 0 Å². The molecule has 2 nitrogen and oxygen atoms in total. The molecule has 0 aliphatic rings. The summed E-state index contributed by atoms with van der Waals surface area (Å²) in [6, 6.07) is 1.79. The standard InChI is InChI=1S/C11H5ClF6O2/c12-7-2-1-5(3-6(7)10(13,14)15)8(19)4-9(20)11(16,17)18/h1-4,19H/p-1/b8-4-. The van der Waals surface area contributed by atoms with E-state index >= 15 is 0 Å². The molecular formula is C11H4ClF6O2-. The predicted molar refractivity (Wildman–Crippen MR) is 55.5 cm³/mol. The Morgan fingerprint density at radius 1 is 1.15 bits per heavy atom. The van der Waals surface area contributed by atoms with Crippen molar-refractivity contribution in [1.82, 2.24) is 0 Å². The maximum absolute atomic E-state index is 12.5. The average Bonchev–Trinajstić information content (AvgIpc) is 2.26. The molecule has 0 saturated heterocycles. The summed E-state index contributed by atoms with van der Waals surface area (Å²) in [6.07, 6.45) is -10.5. The molecule has 0 bridgehead atoms. The monoisotopic (exact) mass is 317 g/mol. The van der Waals surface area contributed by atoms with Gasteiger partial charge in [-0.1, -0.05) is 23.4 Å². The van der Waals surface area contributed by atoms with E-state index in [1.807, 2.05) is 0 Å². The summed E-state index contributed by atoms with van der Waals surface area (Å²) in [6.45, 7) is 0. The molecule has 0 aliphatic heterocycles. The van der Waals surface area contributed by atoms with Crippen molar-refractivity contribution in [3.63, 3.8) is 0 Å². The molecule has 20 heavy (non-hydrogen) atoms. The van der Waals surface area contributed by atoms with Gasteiger partial charge < -0.3 is 5.11 Å². The van der Waals surface area contributed by atoms with E-state index < -0.39 is 40.0 Å². The first-order chi connectivity index (χ1) is 8.93. The average molecular weight is 318 g/mol. The number of benzene rings is 1. The Bertz CT molecular complexity index is 559. The van der Waals surface area contributed by atoms with Crippen LogP contribution in [0.5, 0.6) is 0 Å². The molecule has 0 saturated carbocycles. The third-order valence-electron chi connectivity index (χ3n) is 2.10. The van der Waals surface area contributed by atoms with Gasteiger partial charge in [-0.2, -0.15) is 26.3 Å². The topological polar surface area (TPSA) is 40.1 Å². The molecule has 0 atom stereocenters. The number of alkyl halides is 6. The van der Waals surface area contributed by atoms with E-state index in [-0.39, 0.29) is 12.1 Å². The molecule has 0 spiro atoms. The van der Waals surface area contributed by atoms with Crippen LogP contribution in [0.2, 0.25) is 5.02 Å². The Morgan fingerprint density at radius 3 is 2.15 bits per heavy atom. The van der Waals surface area contributed by atoms with Crippen LogP contribution in [0.3, 0.4) is 0 Å². The summed E-state index contributed by atoms with van der Waals surface area (Å²) in [4.78, 5) is 10.5. The molecule has 1 aromatic carbocycles. The summed E-state index contributed by atoms with van der Waals surface area (Å²) in [7, 11) is 0. The maximum Gasteiger partial charge on any atom is 0.454 e. The minimum absolute atomic E-state index is 0.283. The second-order valence-electron chi connectivity index (χ2n) is 3.56. The number of ketones is 1. The fourth-order valence-electron chi connectivity index (χ4n) is 1.18. The highest BCUT2D eigenvalue weighted by Crippen LogP contribution is 2.35. The van der Waals surface area contributed by atoms with Crippen molar-refractivity contribution in [3.8, 4) is 0 Å². The van der Waals surface area contributed by atoms with Crippen molar-refractivity contribution < 1.29 is 36.2 Å². The molecule has 0 N–H and O–H groups in total. The van der Waals surface area contributed by atoms with Crippen molar-refractivity contribution >= 4 is 23.1 Å². The lowest BCUT2D eigenvalue weighted by Gasteiger charge is -2.16. The number of carbonyl (C=O) groups is 1. The Balaban J connectivity index is 3.22. The van der Waals surface area contributed by atoms with Gasteiger partial charge in [0.05, 0.1) is 10.6 Å². The second-order valence-corrected chi connectivity index (χ2v) is 3.97. The van der Waals surface area contributed by atoms with Crippen LogP contribution in [-0.4, -0.2) is 12.0 Å². The lowest BCUT2D eigenvalue weighted by atomic mass is 10.1. The van der Waals surface area contributed by atoms with Crippen molar-refractivity contribution in [2.75, 3.05) is 0 Å². The molecule has 0 aromatic heterocycles. The van der Waals surface area contributed by atoms with E-state index in [0.29, 0.717) is 6.07 Å². The minimum atomic E-state index is -5.27. The van der Waals surface area contributed by atoms with Crippen LogP contribution in [0.25, 0.3) is 5.76 Å². The highest BCUT2D eigenvalue weighted by molar-refractivity contribution is 6.31. The van der Waals surface area contributed by atoms with E-state index in [0.717, 1.165) is 6.07 Å². The highest BCUT2D eigenvalue weighted by atomic mass is 35.5. The molecule has 0 fully saturated rings. The maximum atomic E-state index is 12.5. The van der Waals surface area contributed by atoms with E-state index in [2.05, 4.69) is 0 Å². The molecule has 1 aromatic rings. The number of allylic oxidation sites excluding steroid dienone is 1. The zero-order valence-corrected chi connectivity index (χ0v) is 10.0. The Labute approximate surface area is 113 Å². The number of halogens is 7. The summed E-state index contributed by atoms with van der Waals surface area (Å²) < 4.78 is 73.2. The van der Waals surface area contributed by atoms with Crippen LogP contribution >= 0.6 is 11.6 Å². The van der Waals surface area contributed by atoms with Gasteiger partial charge in [-0.15, -0.1) is 0 Å². The number of carbonyl (C=O) groups excluding carboxylic acids is 1. The van der Waals surface area contributed by atoms with Gasteiger partial charge in [0, 0.05) is 0 Å². The number of rotatable bonds is 2. The Kier molecular flexibility index (Phi) is 4.38. The van der Waals surface area contributed by atoms with Gasteiger partial charge in [-0.25, -0.2) is 0 Å². The minimum Gasteiger partial charge on any atom is -0.872 e. The van der Waals surface area contributed by atoms with Gasteiger partial charge in [-0.3, -0.25) is 4.79 Å². The first kappa shape index (κ1) is 16.4. The fraction of sp³-hybridized carbons (Fsp3) is 0.182. The van der Waals surface area contributed by atoms with Crippen LogP contribution in [0.4, 0.5) is 26.3 Å². The lowest BCUT2D eigenvalue weighted by Crippen LogP contribution is -2.22. The summed E-state index contributed by atoms with van der Waals surface area (Å²) >= 11 is 5.28. The number of hydrogen-bond donors (Lipinski definition) is 0. The zero-order valence-electron chi connectivity index (χ0n) is 9.27. The normalized spacial score (nSPS) is 13.4. The largest absolute Gasteiger partial charge is 0.872 e. The van der Waals surface area contributed by atoms with Gasteiger partial charge >= 0.3 is 12.4 Å². The Morgan fingerprint density at radius 2 is 1.70 bits per heavy atom. The second kappa shape index (κ2) is 5.35. The first-order valence-electron chi connectivity index (χ1n) is 4.80. The molecule has 0 unspecified atom stereocenters. The van der Waals surface area contributed by atoms with Crippen molar-refractivity contribution in [1.29, 1.82) is 0 Å². The highest BCUT2D eigenvalue weighted by Gasteiger charge is 2.36. The molecule has 9 heteroatoms. The molecular weight excluding hydrogens is 314 g/mol. The van der Waals surface area contributed by atoms with Gasteiger partial charge in [0.15, 0.2) is 0 Å². The molecule has 0 aliphatic carbocycles. The Hall–Kier alpha value is -1.70. The molecule has 0 radical (unpaired) electrons. The van der Waals surface area contributed by atoms with Crippen LogP contribution in [-0.2, 0) is 11.0 Å². The van der Waals surface area contributed by atoms with E-state index in [1.165, 1.54) is 0 Å². The molecule has 0 amide bonds. The van der Waals surface area contributed by atoms with Crippen LogP contribution in [0.1, 0.15) is 11.1 Å². The summed E-state index contributed by atoms with van der Waals surface area (Å²) in [5.41, 5.74) is -2.10. The summed E-state index contributed by atoms with van der Waals surface area (Å²) in [5, 5.41) is 10.6. The van der Waals surface area contributed by atoms with Crippen LogP contribution < -0.4 is 5.11 Å². The smallest absolute Gasteiger partial charge is 0.454 e. The van der Waals surface area contributed by atoms with Crippen molar-refractivity contribution in [2.45, 2.75) is 12.4 Å². The summed E-state index contributed by atoms with van der Waals surface area (Å²) in [5.74, 6) is -3.94. The van der Waals surface area contributed by atoms with E-state index in [4.69, 9.17) is 11.6 Å². The van der Waals surface area contributed by atoms with Gasteiger partial charge in [0.25, 0.3) is 5.78 Å². The lowest BCUT2D eigenvalue weighted by molar-refractivity contribution is -0.244. The number of hydrogen-bond acceptors (Lipinski definition) is 2. The van der Waals surface area contributed by atoms with E-state index in [9.17, 15) is 36.2 Å². The molecule has 1 rings (SSSR count). The van der Waals surface area contributed by atoms with Gasteiger partial charge in [0.1, 0.15) is 0 Å². The first-order valence-corrected chi connectivity index (χ1v) is 5.17. The SMILES string of the molecule is O=C(/C=C(\[O-])c1ccc(Cl)c(C(F)(F)F)c1)C(F)(F)F. The van der Waals surface area contributed by atoms with Crippen LogP contribution in [0.15, 0.2) is 24.3 Å². The third kappa shape index (κ3) is 3.89. The quantitative estimate of drug-likeness (QED) is 0.477. The van der Waals surface area contributed by atoms with Crippen LogP contribution in [0, 0.1) is 0 Å². The zero-order chi connectivity index (χ0) is 15.7. The predicted octanol–water partition coefficient (Wildman–Crippen LogP) is 3.19. The third-order valence-corrected chi connectivity index (χ3v) is 2.43. The van der Waals surface area contributed by atoms with E-state index in [1.54, 1.807) is 0 Å². The van der Waals surface area contributed by atoms with Crippen molar-refractivity contribution in [3.05, 3.63) is 40.4 Å². The molecule has 110 valence electrons. The van der Waals surface area contributed by atoms with Gasteiger partial charge in [-0.05, 0) is 23.8 Å².